The van der Waals surface area contributed by atoms with Gasteiger partial charge < -0.3 is 20.4 Å². The summed E-state index contributed by atoms with van der Waals surface area (Å²) in [7, 11) is 2.07. The van der Waals surface area contributed by atoms with Crippen molar-refractivity contribution in [1.29, 1.82) is 0 Å². The molecule has 6 nitrogen and oxygen atoms in total. The van der Waals surface area contributed by atoms with E-state index in [1.165, 1.54) is 24.4 Å². The van der Waals surface area contributed by atoms with Gasteiger partial charge in [0, 0.05) is 50.5 Å². The van der Waals surface area contributed by atoms with Gasteiger partial charge in [0.2, 0.25) is 0 Å². The number of halogens is 4. The maximum atomic E-state index is 15.3. The SMILES string of the molecule is CN1CCN(c2cc(N3CCC(c4cccc(C(F)(F)F)c4)CC3)c(F)cc2/C=N/NC(N)=S)CC1. The van der Waals surface area contributed by atoms with E-state index in [2.05, 4.69) is 27.4 Å². The number of hydrogen-bond acceptors (Lipinski definition) is 5. The van der Waals surface area contributed by atoms with Gasteiger partial charge in [-0.25, -0.2) is 4.39 Å². The van der Waals surface area contributed by atoms with E-state index in [-0.39, 0.29) is 16.8 Å². The lowest BCUT2D eigenvalue weighted by atomic mass is 9.88. The summed E-state index contributed by atoms with van der Waals surface area (Å²) in [5.74, 6) is -0.372. The summed E-state index contributed by atoms with van der Waals surface area (Å²) in [6.07, 6.45) is -1.56. The largest absolute Gasteiger partial charge is 0.416 e. The smallest absolute Gasteiger partial charge is 0.375 e. The quantitative estimate of drug-likeness (QED) is 0.266. The van der Waals surface area contributed by atoms with Crippen molar-refractivity contribution in [1.82, 2.24) is 10.3 Å². The number of hydrogen-bond donors (Lipinski definition) is 2. The Morgan fingerprint density at radius 2 is 1.69 bits per heavy atom. The van der Waals surface area contributed by atoms with E-state index in [0.29, 0.717) is 42.7 Å². The molecule has 11 heteroatoms. The number of alkyl halides is 3. The van der Waals surface area contributed by atoms with Gasteiger partial charge in [-0.2, -0.15) is 18.3 Å². The minimum atomic E-state index is -4.37. The lowest BCUT2D eigenvalue weighted by molar-refractivity contribution is -0.137. The van der Waals surface area contributed by atoms with E-state index in [0.717, 1.165) is 37.9 Å². The van der Waals surface area contributed by atoms with Gasteiger partial charge in [-0.15, -0.1) is 0 Å². The van der Waals surface area contributed by atoms with Crippen molar-refractivity contribution in [3.05, 3.63) is 58.9 Å². The second kappa shape index (κ2) is 11.0. The van der Waals surface area contributed by atoms with Crippen LogP contribution in [-0.2, 0) is 6.18 Å². The van der Waals surface area contributed by atoms with Crippen molar-refractivity contribution in [3.63, 3.8) is 0 Å². The third-order valence-corrected chi connectivity index (χ3v) is 6.93. The second-order valence-corrected chi connectivity index (χ2v) is 9.71. The predicted octanol–water partition coefficient (Wildman–Crippen LogP) is 4.15. The summed E-state index contributed by atoms with van der Waals surface area (Å²) < 4.78 is 54.7. The van der Waals surface area contributed by atoms with Crippen molar-refractivity contribution in [2.24, 2.45) is 10.8 Å². The molecule has 0 spiro atoms. The van der Waals surface area contributed by atoms with Crippen LogP contribution in [0.1, 0.15) is 35.4 Å². The van der Waals surface area contributed by atoms with Gasteiger partial charge in [0.1, 0.15) is 5.82 Å². The average Bonchev–Trinajstić information content (AvgIpc) is 2.84. The first-order chi connectivity index (χ1) is 17.1. The van der Waals surface area contributed by atoms with E-state index in [1.54, 1.807) is 6.07 Å². The molecular formula is C25H30F4N6S. The van der Waals surface area contributed by atoms with Crippen molar-refractivity contribution >= 4 is 34.9 Å². The van der Waals surface area contributed by atoms with Crippen LogP contribution in [0, 0.1) is 5.82 Å². The van der Waals surface area contributed by atoms with Gasteiger partial charge in [0.05, 0.1) is 17.5 Å². The summed E-state index contributed by atoms with van der Waals surface area (Å²) in [5.41, 5.74) is 9.97. The molecule has 3 N–H and O–H groups in total. The lowest BCUT2D eigenvalue weighted by Crippen LogP contribution is -2.45. The monoisotopic (exact) mass is 522 g/mol. The molecule has 36 heavy (non-hydrogen) atoms. The third-order valence-electron chi connectivity index (χ3n) is 6.84. The zero-order valence-electron chi connectivity index (χ0n) is 20.1. The molecule has 0 atom stereocenters. The standard InChI is InChI=1S/C25H30F4N6S/c1-33-9-11-35(12-10-33)22-15-23(21(26)14-19(22)16-31-32-24(30)36)34-7-5-17(6-8-34)18-3-2-4-20(13-18)25(27,28)29/h2-4,13-17H,5-12H2,1H3,(H3,30,32,36)/b31-16+. The van der Waals surface area contributed by atoms with Crippen molar-refractivity contribution in [2.45, 2.75) is 24.9 Å². The van der Waals surface area contributed by atoms with Crippen LogP contribution in [0.4, 0.5) is 28.9 Å². The van der Waals surface area contributed by atoms with E-state index in [4.69, 9.17) is 18.0 Å². The van der Waals surface area contributed by atoms with Crippen LogP contribution in [0.5, 0.6) is 0 Å². The molecule has 0 unspecified atom stereocenters. The first-order valence-corrected chi connectivity index (χ1v) is 12.3. The van der Waals surface area contributed by atoms with E-state index in [9.17, 15) is 13.2 Å². The number of piperidine rings is 1. The normalized spacial score (nSPS) is 18.1. The Balaban J connectivity index is 1.54. The van der Waals surface area contributed by atoms with Gasteiger partial charge in [-0.1, -0.05) is 18.2 Å². The number of anilines is 2. The third kappa shape index (κ3) is 6.25. The van der Waals surface area contributed by atoms with Crippen molar-refractivity contribution < 1.29 is 17.6 Å². The number of hydrazone groups is 1. The first-order valence-electron chi connectivity index (χ1n) is 11.9. The Hall–Kier alpha value is -2.92. The van der Waals surface area contributed by atoms with Gasteiger partial charge in [0.15, 0.2) is 5.11 Å². The Kier molecular flexibility index (Phi) is 7.99. The Bertz CT molecular complexity index is 1110. The maximum Gasteiger partial charge on any atom is 0.416 e. The minimum absolute atomic E-state index is 0.00120. The lowest BCUT2D eigenvalue weighted by Gasteiger charge is -2.37. The van der Waals surface area contributed by atoms with E-state index >= 15 is 4.39 Å². The summed E-state index contributed by atoms with van der Waals surface area (Å²) in [6.45, 7) is 4.46. The maximum absolute atomic E-state index is 15.3. The molecule has 2 fully saturated rings. The Morgan fingerprint density at radius 1 is 1.03 bits per heavy atom. The number of likely N-dealkylation sites (N-methyl/N-ethyl adjacent to an activating group) is 1. The Labute approximate surface area is 213 Å². The molecule has 2 aliphatic rings. The molecule has 2 heterocycles. The van der Waals surface area contributed by atoms with Gasteiger partial charge in [0.25, 0.3) is 0 Å². The number of nitrogens with two attached hydrogens (primary N) is 1. The fourth-order valence-corrected chi connectivity index (χ4v) is 4.87. The van der Waals surface area contributed by atoms with Crippen LogP contribution in [0.15, 0.2) is 41.5 Å². The molecule has 0 aliphatic carbocycles. The van der Waals surface area contributed by atoms with Crippen LogP contribution in [-0.4, -0.2) is 62.5 Å². The number of thiocarbonyl (C=S) groups is 1. The van der Waals surface area contributed by atoms with Gasteiger partial charge >= 0.3 is 6.18 Å². The molecule has 194 valence electrons. The number of rotatable bonds is 5. The molecule has 2 aliphatic heterocycles. The highest BCUT2D eigenvalue weighted by Crippen LogP contribution is 2.37. The Morgan fingerprint density at radius 3 is 2.33 bits per heavy atom. The highest BCUT2D eigenvalue weighted by Gasteiger charge is 2.32. The van der Waals surface area contributed by atoms with Crippen molar-refractivity contribution in [2.75, 3.05) is 56.1 Å². The van der Waals surface area contributed by atoms with Crippen molar-refractivity contribution in [3.8, 4) is 0 Å². The average molecular weight is 523 g/mol. The minimum Gasteiger partial charge on any atom is -0.375 e. The molecule has 2 aromatic rings. The fraction of sp³-hybridized carbons (Fsp3) is 0.440. The summed E-state index contributed by atoms with van der Waals surface area (Å²) >= 11 is 4.78. The van der Waals surface area contributed by atoms with E-state index < -0.39 is 11.7 Å². The highest BCUT2D eigenvalue weighted by atomic mass is 32.1. The second-order valence-electron chi connectivity index (χ2n) is 9.27. The summed E-state index contributed by atoms with van der Waals surface area (Å²) in [5, 5.41) is 4.05. The molecular weight excluding hydrogens is 492 g/mol. The van der Waals surface area contributed by atoms with E-state index in [1.807, 2.05) is 11.0 Å². The number of piperazine rings is 1. The summed E-state index contributed by atoms with van der Waals surface area (Å²) in [6, 6.07) is 8.85. The molecule has 0 bridgehead atoms. The number of nitrogens with zero attached hydrogens (tertiary/aromatic N) is 4. The molecule has 0 amide bonds. The molecule has 2 aromatic carbocycles. The zero-order chi connectivity index (χ0) is 25.9. The molecule has 0 radical (unpaired) electrons. The molecule has 4 rings (SSSR count). The zero-order valence-corrected chi connectivity index (χ0v) is 20.9. The van der Waals surface area contributed by atoms with Gasteiger partial charge in [-0.3, -0.25) is 5.43 Å². The van der Waals surface area contributed by atoms with Crippen LogP contribution in [0.3, 0.4) is 0 Å². The first kappa shape index (κ1) is 26.2. The van der Waals surface area contributed by atoms with Crippen LogP contribution in [0.25, 0.3) is 0 Å². The molecule has 0 saturated carbocycles. The number of nitrogens with one attached hydrogen (secondary N) is 1. The fourth-order valence-electron chi connectivity index (χ4n) is 4.82. The number of benzene rings is 2. The van der Waals surface area contributed by atoms with Crippen LogP contribution >= 0.6 is 12.2 Å². The molecule has 0 aromatic heterocycles. The van der Waals surface area contributed by atoms with Crippen LogP contribution < -0.4 is 21.0 Å². The highest BCUT2D eigenvalue weighted by molar-refractivity contribution is 7.80. The van der Waals surface area contributed by atoms with Gasteiger partial charge in [-0.05, 0) is 61.8 Å². The topological polar surface area (TPSA) is 60.1 Å². The molecule has 2 saturated heterocycles. The van der Waals surface area contributed by atoms with Crippen LogP contribution in [0.2, 0.25) is 0 Å². The predicted molar refractivity (Wildman–Crippen MR) is 139 cm³/mol. The summed E-state index contributed by atoms with van der Waals surface area (Å²) in [4.78, 5) is 6.43.